The predicted molar refractivity (Wildman–Crippen MR) is 71.3 cm³/mol. The average Bonchev–Trinajstić information content (AvgIpc) is 2.77. The average molecular weight is 352 g/mol. The molecule has 0 aliphatic carbocycles. The molecule has 1 fully saturated rings. The molecular weight excluding hydrogens is 339 g/mol. The summed E-state index contributed by atoms with van der Waals surface area (Å²) in [5.41, 5.74) is -0.684. The Kier molecular flexibility index (Phi) is 4.39. The Morgan fingerprint density at radius 2 is 2.15 bits per heavy atom. The monoisotopic (exact) mass is 351 g/mol. The lowest BCUT2D eigenvalue weighted by atomic mass is 10.1. The molecule has 0 radical (unpaired) electrons. The number of alkyl halides is 3. The van der Waals surface area contributed by atoms with Gasteiger partial charge in [0.2, 0.25) is 5.91 Å². The zero-order chi connectivity index (χ0) is 14.9. The van der Waals surface area contributed by atoms with Crippen molar-refractivity contribution >= 4 is 27.5 Å². The first-order valence-electron chi connectivity index (χ1n) is 6.06. The van der Waals surface area contributed by atoms with Gasteiger partial charge in [0.25, 0.3) is 0 Å². The van der Waals surface area contributed by atoms with Crippen molar-refractivity contribution in [3.63, 3.8) is 0 Å². The van der Waals surface area contributed by atoms with Crippen LogP contribution in [0.5, 0.6) is 0 Å². The number of ether oxygens (including phenoxy) is 1. The summed E-state index contributed by atoms with van der Waals surface area (Å²) >= 11 is 3.13. The molecule has 3 nitrogen and oxygen atoms in total. The largest absolute Gasteiger partial charge is 0.416 e. The van der Waals surface area contributed by atoms with E-state index >= 15 is 0 Å². The van der Waals surface area contributed by atoms with Gasteiger partial charge in [0, 0.05) is 4.47 Å². The molecule has 1 aliphatic heterocycles. The van der Waals surface area contributed by atoms with Crippen LogP contribution in [0.4, 0.5) is 18.9 Å². The van der Waals surface area contributed by atoms with Crippen LogP contribution < -0.4 is 5.32 Å². The Bertz CT molecular complexity index is 519. The van der Waals surface area contributed by atoms with Crippen LogP contribution in [0.25, 0.3) is 0 Å². The lowest BCUT2D eigenvalue weighted by Crippen LogP contribution is -2.23. The van der Waals surface area contributed by atoms with Gasteiger partial charge in [0.15, 0.2) is 0 Å². The summed E-state index contributed by atoms with van der Waals surface area (Å²) in [4.78, 5) is 12.0. The van der Waals surface area contributed by atoms with Crippen molar-refractivity contribution in [2.75, 3.05) is 11.9 Å². The summed E-state index contributed by atoms with van der Waals surface area (Å²) in [5.74, 6) is -0.652. The highest BCUT2D eigenvalue weighted by molar-refractivity contribution is 9.10. The Morgan fingerprint density at radius 1 is 1.45 bits per heavy atom. The van der Waals surface area contributed by atoms with Gasteiger partial charge >= 0.3 is 6.18 Å². The summed E-state index contributed by atoms with van der Waals surface area (Å²) in [7, 11) is 0. The fourth-order valence-electron chi connectivity index (χ4n) is 2.03. The first-order chi connectivity index (χ1) is 9.27. The molecule has 7 heteroatoms. The van der Waals surface area contributed by atoms with Gasteiger partial charge in [-0.25, -0.2) is 0 Å². The van der Waals surface area contributed by atoms with Gasteiger partial charge in [-0.2, -0.15) is 13.2 Å². The highest BCUT2D eigenvalue weighted by Gasteiger charge is 2.32. The lowest BCUT2D eigenvalue weighted by Gasteiger charge is -2.13. The molecule has 20 heavy (non-hydrogen) atoms. The van der Waals surface area contributed by atoms with Gasteiger partial charge in [0.1, 0.15) is 0 Å². The number of carbonyl (C=O) groups excluding carboxylic acids is 1. The van der Waals surface area contributed by atoms with E-state index in [1.807, 2.05) is 6.92 Å². The minimum absolute atomic E-state index is 0.00398. The molecule has 1 aromatic carbocycles. The summed E-state index contributed by atoms with van der Waals surface area (Å²) in [5, 5.41) is 2.52. The first kappa shape index (κ1) is 15.3. The van der Waals surface area contributed by atoms with E-state index in [4.69, 9.17) is 4.74 Å². The van der Waals surface area contributed by atoms with Crippen LogP contribution in [0, 0.1) is 5.92 Å². The van der Waals surface area contributed by atoms with E-state index in [1.165, 1.54) is 6.07 Å². The highest BCUT2D eigenvalue weighted by atomic mass is 79.9. The lowest BCUT2D eigenvalue weighted by molar-refractivity contribution is -0.137. The number of anilines is 1. The van der Waals surface area contributed by atoms with Crippen LogP contribution in [0.3, 0.4) is 0 Å². The molecule has 1 aromatic rings. The second-order valence-corrected chi connectivity index (χ2v) is 5.61. The smallest absolute Gasteiger partial charge is 0.378 e. The number of benzene rings is 1. The van der Waals surface area contributed by atoms with E-state index in [0.717, 1.165) is 12.1 Å². The molecule has 1 heterocycles. The summed E-state index contributed by atoms with van der Waals surface area (Å²) in [6, 6.07) is 3.15. The van der Waals surface area contributed by atoms with Crippen molar-refractivity contribution in [3.8, 4) is 0 Å². The van der Waals surface area contributed by atoms with Crippen LogP contribution >= 0.6 is 15.9 Å². The van der Waals surface area contributed by atoms with Crippen molar-refractivity contribution < 1.29 is 22.7 Å². The quantitative estimate of drug-likeness (QED) is 0.879. The highest BCUT2D eigenvalue weighted by Crippen LogP contribution is 2.34. The van der Waals surface area contributed by atoms with E-state index in [-0.39, 0.29) is 23.6 Å². The number of halogens is 4. The summed E-state index contributed by atoms with van der Waals surface area (Å²) < 4.78 is 43.6. The van der Waals surface area contributed by atoms with E-state index in [1.54, 1.807) is 0 Å². The maximum atomic E-state index is 12.6. The van der Waals surface area contributed by atoms with Crippen molar-refractivity contribution in [2.45, 2.75) is 25.6 Å². The fourth-order valence-corrected chi connectivity index (χ4v) is 2.38. The van der Waals surface area contributed by atoms with Gasteiger partial charge in [-0.3, -0.25) is 4.79 Å². The first-order valence-corrected chi connectivity index (χ1v) is 6.86. The third-order valence-electron chi connectivity index (χ3n) is 3.12. The van der Waals surface area contributed by atoms with Crippen LogP contribution in [0.1, 0.15) is 18.9 Å². The normalized spacial score (nSPS) is 22.9. The van der Waals surface area contributed by atoms with Crippen LogP contribution in [-0.2, 0) is 15.7 Å². The Hall–Kier alpha value is -1.08. The molecule has 2 atom stereocenters. The number of hydrogen-bond donors (Lipinski definition) is 1. The maximum Gasteiger partial charge on any atom is 0.416 e. The van der Waals surface area contributed by atoms with E-state index in [2.05, 4.69) is 21.2 Å². The third kappa shape index (κ3) is 3.52. The van der Waals surface area contributed by atoms with E-state index < -0.39 is 11.7 Å². The second kappa shape index (κ2) is 5.73. The van der Waals surface area contributed by atoms with Crippen molar-refractivity contribution in [2.24, 2.45) is 5.92 Å². The molecule has 110 valence electrons. The number of nitrogens with one attached hydrogen (secondary N) is 1. The zero-order valence-electron chi connectivity index (χ0n) is 10.6. The SMILES string of the molecule is CC1CC(C(=O)Nc2cc(C(F)(F)F)ccc2Br)CO1. The minimum atomic E-state index is -4.44. The maximum absolute atomic E-state index is 12.6. The van der Waals surface area contributed by atoms with E-state index in [0.29, 0.717) is 17.5 Å². The fraction of sp³-hybridized carbons (Fsp3) is 0.462. The number of carbonyl (C=O) groups is 1. The molecule has 0 spiro atoms. The topological polar surface area (TPSA) is 38.3 Å². The summed E-state index contributed by atoms with van der Waals surface area (Å²) in [6.45, 7) is 2.15. The van der Waals surface area contributed by atoms with Gasteiger partial charge < -0.3 is 10.1 Å². The molecule has 1 N–H and O–H groups in total. The molecule has 0 bridgehead atoms. The number of hydrogen-bond acceptors (Lipinski definition) is 2. The Balaban J connectivity index is 2.14. The molecule has 1 aliphatic rings. The van der Waals surface area contributed by atoms with Crippen LogP contribution in [-0.4, -0.2) is 18.6 Å². The molecule has 0 aromatic heterocycles. The van der Waals surface area contributed by atoms with Crippen molar-refractivity contribution in [1.29, 1.82) is 0 Å². The van der Waals surface area contributed by atoms with Crippen molar-refractivity contribution in [3.05, 3.63) is 28.2 Å². The van der Waals surface area contributed by atoms with Gasteiger partial charge in [0.05, 0.1) is 29.9 Å². The zero-order valence-corrected chi connectivity index (χ0v) is 12.2. The van der Waals surface area contributed by atoms with Crippen LogP contribution in [0.2, 0.25) is 0 Å². The van der Waals surface area contributed by atoms with E-state index in [9.17, 15) is 18.0 Å². The number of rotatable bonds is 2. The van der Waals surface area contributed by atoms with Crippen LogP contribution in [0.15, 0.2) is 22.7 Å². The minimum Gasteiger partial charge on any atom is -0.378 e. The predicted octanol–water partition coefficient (Wildman–Crippen LogP) is 3.83. The molecule has 0 saturated carbocycles. The van der Waals surface area contributed by atoms with Gasteiger partial charge in [-0.05, 0) is 47.5 Å². The molecule has 1 amide bonds. The Labute approximate surface area is 122 Å². The third-order valence-corrected chi connectivity index (χ3v) is 3.81. The van der Waals surface area contributed by atoms with Gasteiger partial charge in [-0.15, -0.1) is 0 Å². The Morgan fingerprint density at radius 3 is 2.70 bits per heavy atom. The van der Waals surface area contributed by atoms with Crippen molar-refractivity contribution in [1.82, 2.24) is 0 Å². The van der Waals surface area contributed by atoms with Gasteiger partial charge in [-0.1, -0.05) is 0 Å². The molecular formula is C13H13BrF3NO2. The molecule has 1 saturated heterocycles. The molecule has 2 rings (SSSR count). The molecule has 2 unspecified atom stereocenters. The standard InChI is InChI=1S/C13H13BrF3NO2/c1-7-4-8(6-20-7)12(19)18-11-5-9(13(15,16)17)2-3-10(11)14/h2-3,5,7-8H,4,6H2,1H3,(H,18,19). The number of amides is 1. The summed E-state index contributed by atoms with van der Waals surface area (Å²) in [6.07, 6.45) is -3.87. The second-order valence-electron chi connectivity index (χ2n) is 4.76.